The number of rotatable bonds is 7. The van der Waals surface area contributed by atoms with E-state index in [2.05, 4.69) is 10.6 Å². The first-order chi connectivity index (χ1) is 8.63. The Morgan fingerprint density at radius 2 is 2.00 bits per heavy atom. The maximum absolute atomic E-state index is 10.7. The molecule has 5 heteroatoms. The van der Waals surface area contributed by atoms with Crippen LogP contribution in [0.1, 0.15) is 12.5 Å². The molecule has 1 aromatic carbocycles. The van der Waals surface area contributed by atoms with Crippen molar-refractivity contribution in [3.8, 4) is 0 Å². The second kappa shape index (κ2) is 7.68. The first-order valence-electron chi connectivity index (χ1n) is 6.05. The Morgan fingerprint density at radius 1 is 1.33 bits per heavy atom. The lowest BCUT2D eigenvalue weighted by Gasteiger charge is -2.23. The van der Waals surface area contributed by atoms with Crippen LogP contribution in [0.4, 0.5) is 4.79 Å². The number of aliphatic hydroxyl groups excluding tert-OH is 1. The van der Waals surface area contributed by atoms with Gasteiger partial charge in [0.2, 0.25) is 0 Å². The summed E-state index contributed by atoms with van der Waals surface area (Å²) in [7, 11) is 0. The van der Waals surface area contributed by atoms with Crippen LogP contribution in [0.2, 0.25) is 0 Å². The molecule has 1 amide bonds. The zero-order valence-corrected chi connectivity index (χ0v) is 10.5. The van der Waals surface area contributed by atoms with Crippen molar-refractivity contribution in [3.05, 3.63) is 35.9 Å². The van der Waals surface area contributed by atoms with E-state index < -0.39 is 18.2 Å². The number of aliphatic hydroxyl groups is 1. The molecule has 0 aliphatic rings. The van der Waals surface area contributed by atoms with E-state index in [1.165, 1.54) is 0 Å². The highest BCUT2D eigenvalue weighted by molar-refractivity contribution is 5.65. The van der Waals surface area contributed by atoms with Crippen molar-refractivity contribution in [3.63, 3.8) is 0 Å². The lowest BCUT2D eigenvalue weighted by atomic mass is 10.0. The first-order valence-corrected chi connectivity index (χ1v) is 6.05. The van der Waals surface area contributed by atoms with Crippen molar-refractivity contribution in [1.29, 1.82) is 0 Å². The van der Waals surface area contributed by atoms with Crippen molar-refractivity contribution >= 4 is 6.09 Å². The summed E-state index contributed by atoms with van der Waals surface area (Å²) in [5.41, 5.74) is 0.992. The molecule has 0 fully saturated rings. The molecule has 1 aromatic rings. The molecular formula is C13H20N2O3. The van der Waals surface area contributed by atoms with E-state index in [4.69, 9.17) is 5.11 Å². The van der Waals surface area contributed by atoms with Crippen LogP contribution >= 0.6 is 0 Å². The summed E-state index contributed by atoms with van der Waals surface area (Å²) in [5, 5.41) is 24.1. The summed E-state index contributed by atoms with van der Waals surface area (Å²) in [6.07, 6.45) is -1.40. The van der Waals surface area contributed by atoms with E-state index in [1.807, 2.05) is 37.3 Å². The van der Waals surface area contributed by atoms with Gasteiger partial charge in [0.05, 0.1) is 12.1 Å². The minimum absolute atomic E-state index is 0.369. The lowest BCUT2D eigenvalue weighted by Crippen LogP contribution is -2.48. The van der Waals surface area contributed by atoms with Gasteiger partial charge < -0.3 is 20.8 Å². The van der Waals surface area contributed by atoms with Gasteiger partial charge in [-0.1, -0.05) is 37.3 Å². The number of amides is 1. The Balaban J connectivity index is 2.63. The van der Waals surface area contributed by atoms with Gasteiger partial charge in [0.25, 0.3) is 0 Å². The van der Waals surface area contributed by atoms with E-state index in [1.54, 1.807) is 0 Å². The molecule has 2 atom stereocenters. The van der Waals surface area contributed by atoms with Crippen molar-refractivity contribution in [2.75, 3.05) is 13.1 Å². The summed E-state index contributed by atoms with van der Waals surface area (Å²) in [4.78, 5) is 10.7. The van der Waals surface area contributed by atoms with E-state index in [9.17, 15) is 9.90 Å². The zero-order valence-electron chi connectivity index (χ0n) is 10.5. The quantitative estimate of drug-likeness (QED) is 0.579. The molecule has 0 aromatic heterocycles. The molecule has 1 rings (SSSR count). The second-order valence-corrected chi connectivity index (χ2v) is 4.12. The van der Waals surface area contributed by atoms with E-state index in [0.29, 0.717) is 13.0 Å². The van der Waals surface area contributed by atoms with E-state index in [0.717, 1.165) is 12.1 Å². The normalized spacial score (nSPS) is 13.9. The monoisotopic (exact) mass is 252 g/mol. The maximum Gasteiger partial charge on any atom is 0.404 e. The molecular weight excluding hydrogens is 232 g/mol. The molecule has 0 unspecified atom stereocenters. The number of benzene rings is 1. The van der Waals surface area contributed by atoms with Crippen LogP contribution in [0.15, 0.2) is 30.3 Å². The fourth-order valence-corrected chi connectivity index (χ4v) is 1.74. The minimum Gasteiger partial charge on any atom is -0.465 e. The average molecular weight is 252 g/mol. The lowest BCUT2D eigenvalue weighted by molar-refractivity contribution is 0.118. The van der Waals surface area contributed by atoms with Crippen molar-refractivity contribution in [1.82, 2.24) is 10.6 Å². The summed E-state index contributed by atoms with van der Waals surface area (Å²) in [5.74, 6) is 0. The van der Waals surface area contributed by atoms with Gasteiger partial charge in [0.1, 0.15) is 0 Å². The van der Waals surface area contributed by atoms with E-state index >= 15 is 0 Å². The van der Waals surface area contributed by atoms with Crippen molar-refractivity contribution in [2.45, 2.75) is 25.5 Å². The highest BCUT2D eigenvalue weighted by Crippen LogP contribution is 2.06. The molecule has 0 aliphatic carbocycles. The van der Waals surface area contributed by atoms with Crippen LogP contribution in [0.5, 0.6) is 0 Å². The molecule has 0 saturated heterocycles. The summed E-state index contributed by atoms with van der Waals surface area (Å²) in [6, 6.07) is 9.00. The van der Waals surface area contributed by atoms with Crippen LogP contribution < -0.4 is 10.6 Å². The molecule has 0 bridgehead atoms. The molecule has 0 radical (unpaired) electrons. The number of carboxylic acid groups (broad SMARTS) is 1. The van der Waals surface area contributed by atoms with Crippen LogP contribution in [-0.4, -0.2) is 41.5 Å². The highest BCUT2D eigenvalue weighted by Gasteiger charge is 2.20. The molecule has 0 saturated carbocycles. The average Bonchev–Trinajstić information content (AvgIpc) is 2.36. The topological polar surface area (TPSA) is 81.6 Å². The van der Waals surface area contributed by atoms with Crippen LogP contribution in [-0.2, 0) is 6.42 Å². The second-order valence-electron chi connectivity index (χ2n) is 4.12. The molecule has 0 aliphatic heterocycles. The van der Waals surface area contributed by atoms with Gasteiger partial charge in [0.15, 0.2) is 0 Å². The Bertz CT molecular complexity index is 357. The van der Waals surface area contributed by atoms with Gasteiger partial charge in [-0.2, -0.15) is 0 Å². The van der Waals surface area contributed by atoms with E-state index in [-0.39, 0.29) is 0 Å². The van der Waals surface area contributed by atoms with Gasteiger partial charge in [0, 0.05) is 6.54 Å². The molecule has 0 heterocycles. The Kier molecular flexibility index (Phi) is 6.18. The van der Waals surface area contributed by atoms with Crippen LogP contribution in [0.3, 0.4) is 0 Å². The molecule has 5 nitrogen and oxygen atoms in total. The van der Waals surface area contributed by atoms with Crippen LogP contribution in [0.25, 0.3) is 0 Å². The third-order valence-electron chi connectivity index (χ3n) is 2.68. The summed E-state index contributed by atoms with van der Waals surface area (Å²) in [6.45, 7) is 3.04. The number of hydrogen-bond acceptors (Lipinski definition) is 3. The third kappa shape index (κ3) is 5.16. The minimum atomic E-state index is -1.12. The van der Waals surface area contributed by atoms with Gasteiger partial charge in [-0.25, -0.2) is 4.79 Å². The molecule has 0 spiro atoms. The Labute approximate surface area is 107 Å². The summed E-state index contributed by atoms with van der Waals surface area (Å²) < 4.78 is 0. The van der Waals surface area contributed by atoms with Crippen LogP contribution in [0, 0.1) is 0 Å². The first kappa shape index (κ1) is 14.5. The maximum atomic E-state index is 10.7. The highest BCUT2D eigenvalue weighted by atomic mass is 16.4. The molecule has 100 valence electrons. The smallest absolute Gasteiger partial charge is 0.404 e. The Morgan fingerprint density at radius 3 is 2.56 bits per heavy atom. The Hall–Kier alpha value is -1.59. The fraction of sp³-hybridized carbons (Fsp3) is 0.462. The SMILES string of the molecule is CCNC[C@@H](O)[C@H](Cc1ccccc1)NC(=O)O. The molecule has 18 heavy (non-hydrogen) atoms. The number of nitrogens with one attached hydrogen (secondary N) is 2. The van der Waals surface area contributed by atoms with Crippen molar-refractivity contribution < 1.29 is 15.0 Å². The number of carbonyl (C=O) groups is 1. The van der Waals surface area contributed by atoms with Gasteiger partial charge >= 0.3 is 6.09 Å². The van der Waals surface area contributed by atoms with Crippen molar-refractivity contribution in [2.24, 2.45) is 0 Å². The standard InChI is InChI=1S/C13H20N2O3/c1-2-14-9-12(16)11(15-13(17)18)8-10-6-4-3-5-7-10/h3-7,11-12,14-16H,2,8-9H2,1H3,(H,17,18)/t11-,12+/m0/s1. The predicted molar refractivity (Wildman–Crippen MR) is 69.6 cm³/mol. The van der Waals surface area contributed by atoms with Gasteiger partial charge in [-0.3, -0.25) is 0 Å². The largest absolute Gasteiger partial charge is 0.465 e. The zero-order chi connectivity index (χ0) is 13.4. The number of hydrogen-bond donors (Lipinski definition) is 4. The summed E-state index contributed by atoms with van der Waals surface area (Å²) >= 11 is 0. The van der Waals surface area contributed by atoms with Gasteiger partial charge in [-0.05, 0) is 18.5 Å². The van der Waals surface area contributed by atoms with Gasteiger partial charge in [-0.15, -0.1) is 0 Å². The number of likely N-dealkylation sites (N-methyl/N-ethyl adjacent to an activating group) is 1. The molecule has 4 N–H and O–H groups in total. The predicted octanol–water partition coefficient (Wildman–Crippen LogP) is 0.836. The third-order valence-corrected chi connectivity index (χ3v) is 2.68. The fourth-order valence-electron chi connectivity index (χ4n) is 1.74.